The van der Waals surface area contributed by atoms with Crippen LogP contribution in [0.5, 0.6) is 0 Å². The zero-order chi connectivity index (χ0) is 41.0. The van der Waals surface area contributed by atoms with Gasteiger partial charge in [-0.15, -0.1) is 0 Å². The SMILES string of the molecule is CCCCCCCCCCCCCCC(=O)OC[C@H](COC(=O)CCCCCCCCCCCCCCCC(C)C)OC(=O)CCCCCCCCCCCC. The predicted molar refractivity (Wildman–Crippen MR) is 238 cm³/mol. The van der Waals surface area contributed by atoms with E-state index in [2.05, 4.69) is 27.7 Å². The number of hydrogen-bond acceptors (Lipinski definition) is 6. The van der Waals surface area contributed by atoms with E-state index in [4.69, 9.17) is 14.2 Å². The summed E-state index contributed by atoms with van der Waals surface area (Å²) in [6.45, 7) is 9.01. The zero-order valence-electron chi connectivity index (χ0n) is 38.1. The van der Waals surface area contributed by atoms with Gasteiger partial charge in [-0.05, 0) is 25.2 Å². The van der Waals surface area contributed by atoms with Crippen molar-refractivity contribution in [1.29, 1.82) is 0 Å². The van der Waals surface area contributed by atoms with E-state index >= 15 is 0 Å². The Labute approximate surface area is 348 Å². The van der Waals surface area contributed by atoms with Gasteiger partial charge in [-0.2, -0.15) is 0 Å². The number of hydrogen-bond donors (Lipinski definition) is 0. The van der Waals surface area contributed by atoms with Crippen LogP contribution in [0.2, 0.25) is 0 Å². The summed E-state index contributed by atoms with van der Waals surface area (Å²) in [5, 5.41) is 0. The molecule has 0 radical (unpaired) electrons. The van der Waals surface area contributed by atoms with Gasteiger partial charge in [-0.3, -0.25) is 14.4 Å². The standard InChI is InChI=1S/C50H96O6/c1-5-7-9-11-13-15-17-22-26-29-33-37-41-48(51)54-44-47(56-50(53)43-39-35-31-25-16-14-12-10-8-6-2)45-55-49(52)42-38-34-30-27-23-20-18-19-21-24-28-32-36-40-46(3)4/h46-47H,5-45H2,1-4H3/t47-/m1/s1. The van der Waals surface area contributed by atoms with Gasteiger partial charge in [-0.1, -0.05) is 240 Å². The molecule has 0 amide bonds. The molecule has 0 aliphatic rings. The van der Waals surface area contributed by atoms with E-state index in [0.717, 1.165) is 63.7 Å². The molecular formula is C50H96O6. The van der Waals surface area contributed by atoms with Gasteiger partial charge in [0.25, 0.3) is 0 Å². The number of ether oxygens (including phenoxy) is 3. The Morgan fingerprint density at radius 1 is 0.339 bits per heavy atom. The second kappa shape index (κ2) is 44.5. The van der Waals surface area contributed by atoms with Crippen LogP contribution in [0.25, 0.3) is 0 Å². The van der Waals surface area contributed by atoms with Gasteiger partial charge in [0.05, 0.1) is 0 Å². The van der Waals surface area contributed by atoms with Crippen molar-refractivity contribution in [3.05, 3.63) is 0 Å². The van der Waals surface area contributed by atoms with Gasteiger partial charge in [0.15, 0.2) is 6.10 Å². The Hall–Kier alpha value is -1.59. The lowest BCUT2D eigenvalue weighted by Gasteiger charge is -2.18. The third-order valence-electron chi connectivity index (χ3n) is 11.3. The molecule has 0 N–H and O–H groups in total. The molecule has 6 heteroatoms. The second-order valence-electron chi connectivity index (χ2n) is 17.6. The molecule has 0 heterocycles. The van der Waals surface area contributed by atoms with Crippen LogP contribution < -0.4 is 0 Å². The van der Waals surface area contributed by atoms with Crippen molar-refractivity contribution in [2.75, 3.05) is 13.2 Å². The average molecular weight is 793 g/mol. The maximum Gasteiger partial charge on any atom is 0.306 e. The van der Waals surface area contributed by atoms with Gasteiger partial charge in [0.1, 0.15) is 13.2 Å². The molecule has 0 aliphatic heterocycles. The highest BCUT2D eigenvalue weighted by atomic mass is 16.6. The minimum absolute atomic E-state index is 0.0631. The minimum atomic E-state index is -0.759. The largest absolute Gasteiger partial charge is 0.462 e. The molecule has 0 aromatic rings. The molecule has 0 spiro atoms. The third kappa shape index (κ3) is 43.5. The van der Waals surface area contributed by atoms with Crippen LogP contribution in [0, 0.1) is 5.92 Å². The van der Waals surface area contributed by atoms with E-state index < -0.39 is 6.10 Å². The quantitative estimate of drug-likeness (QED) is 0.0347. The Morgan fingerprint density at radius 2 is 0.589 bits per heavy atom. The summed E-state index contributed by atoms with van der Waals surface area (Å²) >= 11 is 0. The summed E-state index contributed by atoms with van der Waals surface area (Å²) in [6, 6.07) is 0. The van der Waals surface area contributed by atoms with Crippen molar-refractivity contribution in [3.63, 3.8) is 0 Å². The lowest BCUT2D eigenvalue weighted by molar-refractivity contribution is -0.167. The molecule has 0 unspecified atom stereocenters. The molecular weight excluding hydrogens is 697 g/mol. The summed E-state index contributed by atoms with van der Waals surface area (Å²) < 4.78 is 16.8. The summed E-state index contributed by atoms with van der Waals surface area (Å²) in [4.78, 5) is 37.8. The fourth-order valence-electron chi connectivity index (χ4n) is 7.51. The predicted octanol–water partition coefficient (Wildman–Crippen LogP) is 15.9. The normalized spacial score (nSPS) is 11.9. The number of carbonyl (C=O) groups is 3. The summed E-state index contributed by atoms with van der Waals surface area (Å²) in [5.41, 5.74) is 0. The molecule has 6 nitrogen and oxygen atoms in total. The van der Waals surface area contributed by atoms with Gasteiger partial charge >= 0.3 is 17.9 Å². The molecule has 332 valence electrons. The molecule has 0 saturated carbocycles. The highest BCUT2D eigenvalue weighted by Crippen LogP contribution is 2.17. The minimum Gasteiger partial charge on any atom is -0.462 e. The molecule has 0 bridgehead atoms. The number of carbonyl (C=O) groups excluding carboxylic acids is 3. The Bertz CT molecular complexity index is 841. The van der Waals surface area contributed by atoms with Crippen LogP contribution in [-0.2, 0) is 28.6 Å². The van der Waals surface area contributed by atoms with Crippen molar-refractivity contribution < 1.29 is 28.6 Å². The monoisotopic (exact) mass is 793 g/mol. The van der Waals surface area contributed by atoms with E-state index in [-0.39, 0.29) is 31.1 Å². The van der Waals surface area contributed by atoms with Gasteiger partial charge in [0.2, 0.25) is 0 Å². The summed E-state index contributed by atoms with van der Waals surface area (Å²) in [7, 11) is 0. The van der Waals surface area contributed by atoms with Crippen molar-refractivity contribution in [3.8, 4) is 0 Å². The van der Waals surface area contributed by atoms with Crippen LogP contribution in [0.15, 0.2) is 0 Å². The molecule has 0 aliphatic carbocycles. The highest BCUT2D eigenvalue weighted by Gasteiger charge is 2.19. The first-order chi connectivity index (χ1) is 27.4. The molecule has 0 rings (SSSR count). The lowest BCUT2D eigenvalue weighted by atomic mass is 10.0. The maximum atomic E-state index is 12.7. The first-order valence-electron chi connectivity index (χ1n) is 24.9. The Morgan fingerprint density at radius 3 is 0.875 bits per heavy atom. The smallest absolute Gasteiger partial charge is 0.306 e. The number of unbranched alkanes of at least 4 members (excludes halogenated alkanes) is 32. The fourth-order valence-corrected chi connectivity index (χ4v) is 7.51. The zero-order valence-corrected chi connectivity index (χ0v) is 38.1. The maximum absolute atomic E-state index is 12.7. The van der Waals surface area contributed by atoms with Crippen molar-refractivity contribution in [1.82, 2.24) is 0 Å². The lowest BCUT2D eigenvalue weighted by Crippen LogP contribution is -2.30. The first-order valence-corrected chi connectivity index (χ1v) is 24.9. The van der Waals surface area contributed by atoms with Crippen molar-refractivity contribution >= 4 is 17.9 Å². The van der Waals surface area contributed by atoms with Crippen LogP contribution in [-0.4, -0.2) is 37.2 Å². The molecule has 1 atom stereocenters. The van der Waals surface area contributed by atoms with Crippen LogP contribution in [0.4, 0.5) is 0 Å². The molecule has 56 heavy (non-hydrogen) atoms. The van der Waals surface area contributed by atoms with E-state index in [1.54, 1.807) is 0 Å². The van der Waals surface area contributed by atoms with E-state index in [1.165, 1.54) is 173 Å². The van der Waals surface area contributed by atoms with Crippen LogP contribution >= 0.6 is 0 Å². The van der Waals surface area contributed by atoms with E-state index in [0.29, 0.717) is 19.3 Å². The highest BCUT2D eigenvalue weighted by molar-refractivity contribution is 5.71. The molecule has 0 aromatic heterocycles. The van der Waals surface area contributed by atoms with E-state index in [1.807, 2.05) is 0 Å². The topological polar surface area (TPSA) is 78.9 Å². The summed E-state index contributed by atoms with van der Waals surface area (Å²) in [5.74, 6) is -0.00884. The van der Waals surface area contributed by atoms with Crippen molar-refractivity contribution in [2.24, 2.45) is 5.92 Å². The Balaban J connectivity index is 4.27. The fraction of sp³-hybridized carbons (Fsp3) is 0.940. The van der Waals surface area contributed by atoms with Crippen LogP contribution in [0.3, 0.4) is 0 Å². The second-order valence-corrected chi connectivity index (χ2v) is 17.6. The molecule has 0 aromatic carbocycles. The van der Waals surface area contributed by atoms with Gasteiger partial charge < -0.3 is 14.2 Å². The molecule has 0 fully saturated rings. The average Bonchev–Trinajstić information content (AvgIpc) is 3.18. The van der Waals surface area contributed by atoms with E-state index in [9.17, 15) is 14.4 Å². The third-order valence-corrected chi connectivity index (χ3v) is 11.3. The van der Waals surface area contributed by atoms with Crippen molar-refractivity contribution in [2.45, 2.75) is 284 Å². The summed E-state index contributed by atoms with van der Waals surface area (Å²) in [6.07, 6.45) is 45.1. The molecule has 0 saturated heterocycles. The number of esters is 3. The van der Waals surface area contributed by atoms with Crippen LogP contribution in [0.1, 0.15) is 278 Å². The van der Waals surface area contributed by atoms with Gasteiger partial charge in [0, 0.05) is 19.3 Å². The number of rotatable bonds is 45. The Kier molecular flexibility index (Phi) is 43.2. The van der Waals surface area contributed by atoms with Gasteiger partial charge in [-0.25, -0.2) is 0 Å². The first kappa shape index (κ1) is 54.4.